The van der Waals surface area contributed by atoms with E-state index in [1.165, 1.54) is 38.5 Å². The zero-order chi connectivity index (χ0) is 24.5. The second kappa shape index (κ2) is 8.95. The van der Waals surface area contributed by atoms with Gasteiger partial charge in [-0.25, -0.2) is 9.29 Å². The Hall–Kier alpha value is -4.65. The lowest BCUT2D eigenvalue weighted by Crippen LogP contribution is -2.32. The molecule has 4 aromatic carbocycles. The zero-order valence-corrected chi connectivity index (χ0v) is 19.0. The highest BCUT2D eigenvalue weighted by atomic mass is 19.1. The summed E-state index contributed by atoms with van der Waals surface area (Å²) in [5, 5.41) is 5.07. The third-order valence-electron chi connectivity index (χ3n) is 5.89. The molecule has 0 saturated carbocycles. The summed E-state index contributed by atoms with van der Waals surface area (Å²) >= 11 is 0. The highest BCUT2D eigenvalue weighted by Gasteiger charge is 2.40. The third-order valence-corrected chi connectivity index (χ3v) is 5.89. The van der Waals surface area contributed by atoms with Gasteiger partial charge >= 0.3 is 0 Å². The van der Waals surface area contributed by atoms with Crippen molar-refractivity contribution in [1.29, 1.82) is 0 Å². The van der Waals surface area contributed by atoms with E-state index in [1.54, 1.807) is 18.2 Å². The number of hydrogen-bond acceptors (Lipinski definition) is 5. The van der Waals surface area contributed by atoms with Gasteiger partial charge in [0, 0.05) is 17.1 Å². The normalized spacial score (nSPS) is 13.5. The summed E-state index contributed by atoms with van der Waals surface area (Å²) in [5.74, 6) is -0.655. The van der Waals surface area contributed by atoms with Crippen LogP contribution in [0.1, 0.15) is 5.56 Å². The summed E-state index contributed by atoms with van der Waals surface area (Å²) in [5.41, 5.74) is 1.68. The van der Waals surface area contributed by atoms with Gasteiger partial charge in [0.05, 0.1) is 25.5 Å². The molecule has 7 heteroatoms. The lowest BCUT2D eigenvalue weighted by molar-refractivity contribution is -0.120. The average Bonchev–Trinajstić information content (AvgIpc) is 3.13. The van der Waals surface area contributed by atoms with Gasteiger partial charge < -0.3 is 14.8 Å². The van der Waals surface area contributed by atoms with E-state index >= 15 is 0 Å². The van der Waals surface area contributed by atoms with Crippen LogP contribution in [0.5, 0.6) is 11.5 Å². The first kappa shape index (κ1) is 22.2. The molecule has 35 heavy (non-hydrogen) atoms. The van der Waals surface area contributed by atoms with Crippen molar-refractivity contribution in [2.45, 2.75) is 0 Å². The van der Waals surface area contributed by atoms with Gasteiger partial charge in [0.1, 0.15) is 11.5 Å². The number of imide groups is 1. The predicted octanol–water partition coefficient (Wildman–Crippen LogP) is 5.39. The van der Waals surface area contributed by atoms with Gasteiger partial charge in [0.2, 0.25) is 0 Å². The molecule has 0 spiro atoms. The van der Waals surface area contributed by atoms with Crippen LogP contribution in [0, 0.1) is 5.82 Å². The Morgan fingerprint density at radius 2 is 1.49 bits per heavy atom. The Labute approximate surface area is 201 Å². The summed E-state index contributed by atoms with van der Waals surface area (Å²) < 4.78 is 24.3. The van der Waals surface area contributed by atoms with E-state index < -0.39 is 17.6 Å². The number of fused-ring (bicyclic) bond motifs is 1. The van der Waals surface area contributed by atoms with Crippen LogP contribution in [0.3, 0.4) is 0 Å². The molecule has 1 aliphatic rings. The van der Waals surface area contributed by atoms with Gasteiger partial charge in [0.15, 0.2) is 11.5 Å². The Bertz CT molecular complexity index is 1490. The maximum Gasteiger partial charge on any atom is 0.282 e. The van der Waals surface area contributed by atoms with Crippen LogP contribution < -0.4 is 19.7 Å². The highest BCUT2D eigenvalue weighted by Crippen LogP contribution is 2.38. The summed E-state index contributed by atoms with van der Waals surface area (Å²) in [6, 6.07) is 23.7. The van der Waals surface area contributed by atoms with Crippen molar-refractivity contribution in [3.05, 3.63) is 102 Å². The molecule has 0 unspecified atom stereocenters. The molecule has 1 heterocycles. The molecule has 0 fully saturated rings. The molecule has 0 bridgehead atoms. The van der Waals surface area contributed by atoms with Crippen LogP contribution >= 0.6 is 0 Å². The van der Waals surface area contributed by atoms with Crippen LogP contribution in [0.2, 0.25) is 0 Å². The average molecular weight is 468 g/mol. The second-order valence-corrected chi connectivity index (χ2v) is 7.89. The minimum Gasteiger partial charge on any atom is -0.493 e. The number of nitrogens with one attached hydrogen (secondary N) is 1. The van der Waals surface area contributed by atoms with E-state index in [2.05, 4.69) is 5.32 Å². The molecule has 4 aromatic rings. The topological polar surface area (TPSA) is 67.9 Å². The van der Waals surface area contributed by atoms with Gasteiger partial charge in [-0.05, 0) is 41.3 Å². The summed E-state index contributed by atoms with van der Waals surface area (Å²) in [7, 11) is 2.98. The van der Waals surface area contributed by atoms with E-state index in [-0.39, 0.29) is 11.3 Å². The standard InChI is InChI=1S/C28H21FN2O4/c1-34-23-15-14-20(16-24(23)35-2)31-27(32)25(18-10-12-19(29)13-11-18)26(28(31)33)30-22-9-5-7-17-6-3-4-8-21(17)22/h3-16,30H,1-2H3. The minimum absolute atomic E-state index is 0.104. The number of hydrogen-bond donors (Lipinski definition) is 1. The summed E-state index contributed by atoms with van der Waals surface area (Å²) in [6.45, 7) is 0. The van der Waals surface area contributed by atoms with Crippen molar-refractivity contribution in [2.75, 3.05) is 24.4 Å². The molecule has 0 aromatic heterocycles. The Morgan fingerprint density at radius 3 is 2.23 bits per heavy atom. The van der Waals surface area contributed by atoms with Crippen LogP contribution in [0.4, 0.5) is 15.8 Å². The number of ether oxygens (including phenoxy) is 2. The number of benzene rings is 4. The molecular weight excluding hydrogens is 447 g/mol. The second-order valence-electron chi connectivity index (χ2n) is 7.89. The Balaban J connectivity index is 1.64. The number of anilines is 2. The van der Waals surface area contributed by atoms with Crippen molar-refractivity contribution in [2.24, 2.45) is 0 Å². The maximum atomic E-state index is 13.7. The Morgan fingerprint density at radius 1 is 0.771 bits per heavy atom. The molecule has 0 saturated heterocycles. The molecule has 0 radical (unpaired) electrons. The van der Waals surface area contributed by atoms with Crippen molar-refractivity contribution in [1.82, 2.24) is 0 Å². The van der Waals surface area contributed by atoms with Gasteiger partial charge in [-0.15, -0.1) is 0 Å². The van der Waals surface area contributed by atoms with Crippen LogP contribution in [-0.4, -0.2) is 26.0 Å². The quantitative estimate of drug-likeness (QED) is 0.384. The largest absolute Gasteiger partial charge is 0.493 e. The maximum absolute atomic E-state index is 13.7. The number of carbonyl (C=O) groups is 2. The van der Waals surface area contributed by atoms with Crippen molar-refractivity contribution >= 4 is 39.5 Å². The van der Waals surface area contributed by atoms with Gasteiger partial charge in [0.25, 0.3) is 11.8 Å². The van der Waals surface area contributed by atoms with Crippen LogP contribution in [0.25, 0.3) is 16.3 Å². The first-order valence-electron chi connectivity index (χ1n) is 10.9. The Kier molecular flexibility index (Phi) is 5.66. The minimum atomic E-state index is -0.533. The number of rotatable bonds is 6. The fourth-order valence-electron chi connectivity index (χ4n) is 4.20. The van der Waals surface area contributed by atoms with E-state index in [9.17, 15) is 14.0 Å². The third kappa shape index (κ3) is 3.87. The van der Waals surface area contributed by atoms with E-state index in [1.807, 2.05) is 42.5 Å². The first-order valence-corrected chi connectivity index (χ1v) is 10.9. The van der Waals surface area contributed by atoms with Crippen molar-refractivity contribution < 1.29 is 23.5 Å². The number of methoxy groups -OCH3 is 2. The molecule has 6 nitrogen and oxygen atoms in total. The fraction of sp³-hybridized carbons (Fsp3) is 0.0714. The van der Waals surface area contributed by atoms with Gasteiger partial charge in [-0.1, -0.05) is 48.5 Å². The zero-order valence-electron chi connectivity index (χ0n) is 19.0. The molecule has 2 amide bonds. The van der Waals surface area contributed by atoms with E-state index in [0.29, 0.717) is 28.4 Å². The SMILES string of the molecule is COc1ccc(N2C(=O)C(Nc3cccc4ccccc34)=C(c3ccc(F)cc3)C2=O)cc1OC. The lowest BCUT2D eigenvalue weighted by Gasteiger charge is -2.17. The number of nitrogens with zero attached hydrogens (tertiary/aromatic N) is 1. The van der Waals surface area contributed by atoms with Gasteiger partial charge in [-0.2, -0.15) is 0 Å². The molecule has 1 N–H and O–H groups in total. The monoisotopic (exact) mass is 468 g/mol. The van der Waals surface area contributed by atoms with Crippen LogP contribution in [0.15, 0.2) is 90.6 Å². The van der Waals surface area contributed by atoms with E-state index in [4.69, 9.17) is 9.47 Å². The van der Waals surface area contributed by atoms with E-state index in [0.717, 1.165) is 15.7 Å². The number of carbonyl (C=O) groups excluding carboxylic acids is 2. The van der Waals surface area contributed by atoms with Crippen LogP contribution in [-0.2, 0) is 9.59 Å². The van der Waals surface area contributed by atoms with Crippen molar-refractivity contribution in [3.8, 4) is 11.5 Å². The molecule has 5 rings (SSSR count). The number of amides is 2. The summed E-state index contributed by atoms with van der Waals surface area (Å²) in [4.78, 5) is 28.4. The fourth-order valence-corrected chi connectivity index (χ4v) is 4.20. The molecular formula is C28H21FN2O4. The van der Waals surface area contributed by atoms with Crippen molar-refractivity contribution in [3.63, 3.8) is 0 Å². The highest BCUT2D eigenvalue weighted by molar-refractivity contribution is 6.46. The molecule has 0 aliphatic carbocycles. The number of halogens is 1. The lowest BCUT2D eigenvalue weighted by atomic mass is 10.0. The molecule has 0 atom stereocenters. The summed E-state index contributed by atoms with van der Waals surface area (Å²) in [6.07, 6.45) is 0. The van der Waals surface area contributed by atoms with Gasteiger partial charge in [-0.3, -0.25) is 9.59 Å². The molecule has 1 aliphatic heterocycles. The predicted molar refractivity (Wildman–Crippen MR) is 133 cm³/mol. The molecule has 174 valence electrons. The smallest absolute Gasteiger partial charge is 0.282 e. The first-order chi connectivity index (χ1) is 17.0.